The Kier molecular flexibility index (Phi) is 4.92. The first-order valence-electron chi connectivity index (χ1n) is 8.06. The maximum atomic E-state index is 11.9. The Morgan fingerprint density at radius 2 is 2.00 bits per heavy atom. The molecule has 0 saturated carbocycles. The van der Waals surface area contributed by atoms with Gasteiger partial charge in [0.05, 0.1) is 26.1 Å². The third-order valence-electron chi connectivity index (χ3n) is 3.64. The molecule has 0 spiro atoms. The van der Waals surface area contributed by atoms with Gasteiger partial charge >= 0.3 is 6.09 Å². The van der Waals surface area contributed by atoms with E-state index in [1.165, 1.54) is 0 Å². The predicted molar refractivity (Wildman–Crippen MR) is 96.7 cm³/mol. The molecule has 0 fully saturated rings. The van der Waals surface area contributed by atoms with E-state index in [1.807, 2.05) is 26.0 Å². The van der Waals surface area contributed by atoms with E-state index in [0.717, 1.165) is 5.56 Å². The molecule has 1 aromatic carbocycles. The van der Waals surface area contributed by atoms with Crippen LogP contribution in [-0.2, 0) is 0 Å². The lowest BCUT2D eigenvalue weighted by atomic mass is 10.1. The van der Waals surface area contributed by atoms with Gasteiger partial charge in [-0.1, -0.05) is 0 Å². The first kappa shape index (κ1) is 17.5. The Morgan fingerprint density at radius 3 is 2.69 bits per heavy atom. The topological polar surface area (TPSA) is 98.4 Å². The number of ether oxygens (including phenoxy) is 3. The van der Waals surface area contributed by atoms with Gasteiger partial charge < -0.3 is 24.5 Å². The third kappa shape index (κ3) is 3.53. The molecule has 2 heterocycles. The number of methoxy groups -OCH3 is 2. The molecule has 0 saturated heterocycles. The summed E-state index contributed by atoms with van der Waals surface area (Å²) in [5.74, 6) is 1.59. The number of fused-ring (bicyclic) bond motifs is 1. The van der Waals surface area contributed by atoms with Crippen LogP contribution in [0.3, 0.4) is 0 Å². The number of H-pyrrole nitrogens is 1. The summed E-state index contributed by atoms with van der Waals surface area (Å²) in [5, 5.41) is 2.67. The number of hydrogen-bond donors (Lipinski definition) is 2. The molecule has 0 atom stereocenters. The minimum atomic E-state index is -0.546. The normalized spacial score (nSPS) is 10.8. The van der Waals surface area contributed by atoms with E-state index in [4.69, 9.17) is 14.2 Å². The van der Waals surface area contributed by atoms with Gasteiger partial charge in [-0.25, -0.2) is 14.8 Å². The average molecular weight is 356 g/mol. The lowest BCUT2D eigenvalue weighted by Crippen LogP contribution is -2.32. The number of rotatable bonds is 5. The number of benzene rings is 1. The molecule has 2 N–H and O–H groups in total. The van der Waals surface area contributed by atoms with Crippen LogP contribution < -0.4 is 19.5 Å². The molecule has 3 aromatic rings. The fourth-order valence-corrected chi connectivity index (χ4v) is 2.45. The lowest BCUT2D eigenvalue weighted by molar-refractivity contribution is 0.198. The van der Waals surface area contributed by atoms with Crippen molar-refractivity contribution in [1.82, 2.24) is 20.3 Å². The van der Waals surface area contributed by atoms with Crippen LogP contribution in [0, 0.1) is 0 Å². The largest absolute Gasteiger partial charge is 0.497 e. The summed E-state index contributed by atoms with van der Waals surface area (Å²) >= 11 is 0. The van der Waals surface area contributed by atoms with Crippen molar-refractivity contribution in [3.05, 3.63) is 30.6 Å². The van der Waals surface area contributed by atoms with E-state index in [9.17, 15) is 4.79 Å². The van der Waals surface area contributed by atoms with E-state index >= 15 is 0 Å². The molecule has 0 aliphatic heterocycles. The van der Waals surface area contributed by atoms with Gasteiger partial charge in [-0.2, -0.15) is 0 Å². The molecule has 0 bridgehead atoms. The van der Waals surface area contributed by atoms with Crippen molar-refractivity contribution in [1.29, 1.82) is 0 Å². The zero-order valence-electron chi connectivity index (χ0n) is 15.0. The molecule has 136 valence electrons. The second kappa shape index (κ2) is 7.30. The standard InChI is InChI=1S/C18H20N4O4/c1-10(2)21-18(23)26-15-9-20-17-16(15)22-13(8-19-17)12-6-5-11(24-3)7-14(12)25-4/h5-10H,1-4H3,(H,19,20)(H,21,23). The van der Waals surface area contributed by atoms with Crippen molar-refractivity contribution in [2.75, 3.05) is 14.2 Å². The van der Waals surface area contributed by atoms with Crippen LogP contribution in [0.5, 0.6) is 17.2 Å². The number of nitrogens with one attached hydrogen (secondary N) is 2. The molecule has 1 amide bonds. The number of aromatic amines is 1. The fourth-order valence-electron chi connectivity index (χ4n) is 2.45. The van der Waals surface area contributed by atoms with Crippen LogP contribution in [-0.4, -0.2) is 41.3 Å². The van der Waals surface area contributed by atoms with Crippen molar-refractivity contribution >= 4 is 17.3 Å². The van der Waals surface area contributed by atoms with Gasteiger partial charge in [-0.15, -0.1) is 0 Å². The molecular formula is C18H20N4O4. The number of carbonyl (C=O) groups is 1. The van der Waals surface area contributed by atoms with E-state index in [1.54, 1.807) is 32.7 Å². The average Bonchev–Trinajstić information content (AvgIpc) is 3.02. The summed E-state index contributed by atoms with van der Waals surface area (Å²) < 4.78 is 16.0. The molecule has 0 radical (unpaired) electrons. The summed E-state index contributed by atoms with van der Waals surface area (Å²) in [6, 6.07) is 5.39. The van der Waals surface area contributed by atoms with Crippen molar-refractivity contribution < 1.29 is 19.0 Å². The van der Waals surface area contributed by atoms with Crippen LogP contribution >= 0.6 is 0 Å². The second-order valence-electron chi connectivity index (χ2n) is 5.86. The minimum absolute atomic E-state index is 0.0297. The van der Waals surface area contributed by atoms with E-state index in [2.05, 4.69) is 20.3 Å². The maximum Gasteiger partial charge on any atom is 0.412 e. The van der Waals surface area contributed by atoms with Gasteiger partial charge in [0.15, 0.2) is 16.9 Å². The van der Waals surface area contributed by atoms with E-state index < -0.39 is 6.09 Å². The van der Waals surface area contributed by atoms with Crippen LogP contribution in [0.15, 0.2) is 30.6 Å². The number of aromatic nitrogens is 3. The monoisotopic (exact) mass is 356 g/mol. The van der Waals surface area contributed by atoms with E-state index in [0.29, 0.717) is 34.1 Å². The first-order valence-corrected chi connectivity index (χ1v) is 8.06. The van der Waals surface area contributed by atoms with Gasteiger partial charge in [0, 0.05) is 23.9 Å². The third-order valence-corrected chi connectivity index (χ3v) is 3.64. The maximum absolute atomic E-state index is 11.9. The van der Waals surface area contributed by atoms with Gasteiger partial charge in [0.25, 0.3) is 0 Å². The Bertz CT molecular complexity index is 936. The van der Waals surface area contributed by atoms with Crippen molar-refractivity contribution in [3.8, 4) is 28.5 Å². The highest BCUT2D eigenvalue weighted by Gasteiger charge is 2.16. The predicted octanol–water partition coefficient (Wildman–Crippen LogP) is 3.14. The lowest BCUT2D eigenvalue weighted by Gasteiger charge is -2.10. The molecule has 0 aliphatic rings. The Morgan fingerprint density at radius 1 is 1.19 bits per heavy atom. The Hall–Kier alpha value is -3.29. The van der Waals surface area contributed by atoms with Crippen LogP contribution in [0.2, 0.25) is 0 Å². The number of hydrogen-bond acceptors (Lipinski definition) is 6. The highest BCUT2D eigenvalue weighted by Crippen LogP contribution is 2.33. The molecule has 0 aliphatic carbocycles. The van der Waals surface area contributed by atoms with E-state index in [-0.39, 0.29) is 6.04 Å². The minimum Gasteiger partial charge on any atom is -0.497 e. The van der Waals surface area contributed by atoms with Gasteiger partial charge in [-0.3, -0.25) is 0 Å². The van der Waals surface area contributed by atoms with Crippen molar-refractivity contribution in [2.24, 2.45) is 0 Å². The van der Waals surface area contributed by atoms with Gasteiger partial charge in [0.2, 0.25) is 0 Å². The molecule has 8 heteroatoms. The second-order valence-corrected chi connectivity index (χ2v) is 5.86. The number of nitrogens with zero attached hydrogens (tertiary/aromatic N) is 2. The zero-order chi connectivity index (χ0) is 18.7. The molecule has 3 rings (SSSR count). The number of amides is 1. The summed E-state index contributed by atoms with van der Waals surface area (Å²) in [6.45, 7) is 3.70. The highest BCUT2D eigenvalue weighted by atomic mass is 16.6. The summed E-state index contributed by atoms with van der Waals surface area (Å²) in [4.78, 5) is 23.7. The molecule has 0 unspecified atom stereocenters. The fraction of sp³-hybridized carbons (Fsp3) is 0.278. The van der Waals surface area contributed by atoms with Gasteiger partial charge in [-0.05, 0) is 26.0 Å². The molecule has 2 aromatic heterocycles. The number of carbonyl (C=O) groups excluding carboxylic acids is 1. The molecule has 8 nitrogen and oxygen atoms in total. The first-order chi connectivity index (χ1) is 12.5. The molecular weight excluding hydrogens is 336 g/mol. The van der Waals surface area contributed by atoms with Crippen LogP contribution in [0.4, 0.5) is 4.79 Å². The van der Waals surface area contributed by atoms with Crippen LogP contribution in [0.25, 0.3) is 22.4 Å². The van der Waals surface area contributed by atoms with Crippen molar-refractivity contribution in [3.63, 3.8) is 0 Å². The highest BCUT2D eigenvalue weighted by molar-refractivity contribution is 5.84. The Labute approximate surface area is 150 Å². The zero-order valence-corrected chi connectivity index (χ0v) is 15.0. The summed E-state index contributed by atoms with van der Waals surface area (Å²) in [5.41, 5.74) is 2.32. The Balaban J connectivity index is 1.99. The summed E-state index contributed by atoms with van der Waals surface area (Å²) in [7, 11) is 3.16. The molecule has 26 heavy (non-hydrogen) atoms. The summed E-state index contributed by atoms with van der Waals surface area (Å²) in [6.07, 6.45) is 2.64. The quantitative estimate of drug-likeness (QED) is 0.729. The SMILES string of the molecule is COc1ccc(-c2cnc3[nH]cc(OC(=O)NC(C)C)c3n2)c(OC)c1. The van der Waals surface area contributed by atoms with Crippen LogP contribution in [0.1, 0.15) is 13.8 Å². The smallest absolute Gasteiger partial charge is 0.412 e. The van der Waals surface area contributed by atoms with Crippen molar-refractivity contribution in [2.45, 2.75) is 19.9 Å². The van der Waals surface area contributed by atoms with Gasteiger partial charge in [0.1, 0.15) is 11.5 Å².